The summed E-state index contributed by atoms with van der Waals surface area (Å²) in [7, 11) is 1.77. The molecule has 1 aliphatic heterocycles. The van der Waals surface area contributed by atoms with Crippen LogP contribution in [0, 0.1) is 11.6 Å². The van der Waals surface area contributed by atoms with Gasteiger partial charge in [-0.1, -0.05) is 54.6 Å². The number of likely N-dealkylation sites (tertiary alicyclic amines) is 1. The SMILES string of the molecule is CN(C(=O)C(c1ccc(F)cc1)c1ccc(F)cc1)[C@H](CN1CC[C@H](O)C1)c1ccccc1.Cl. The smallest absolute Gasteiger partial charge is 0.234 e. The summed E-state index contributed by atoms with van der Waals surface area (Å²) in [5.41, 5.74) is 2.28. The molecule has 0 unspecified atom stereocenters. The van der Waals surface area contributed by atoms with Crippen molar-refractivity contribution in [2.45, 2.75) is 24.5 Å². The first-order valence-corrected chi connectivity index (χ1v) is 11.2. The summed E-state index contributed by atoms with van der Waals surface area (Å²) >= 11 is 0. The summed E-state index contributed by atoms with van der Waals surface area (Å²) in [5.74, 6) is -1.63. The Morgan fingerprint density at radius 3 is 1.94 bits per heavy atom. The molecule has 0 bridgehead atoms. The highest BCUT2D eigenvalue weighted by atomic mass is 35.5. The quantitative estimate of drug-likeness (QED) is 0.522. The van der Waals surface area contributed by atoms with E-state index >= 15 is 0 Å². The maximum absolute atomic E-state index is 13.9. The molecule has 3 aromatic carbocycles. The van der Waals surface area contributed by atoms with Gasteiger partial charge in [-0.25, -0.2) is 8.78 Å². The number of aliphatic hydroxyl groups is 1. The molecule has 1 N–H and O–H groups in total. The van der Waals surface area contributed by atoms with Gasteiger partial charge in [0, 0.05) is 26.7 Å². The number of rotatable bonds is 7. The highest BCUT2D eigenvalue weighted by Crippen LogP contribution is 2.31. The minimum Gasteiger partial charge on any atom is -0.392 e. The number of carbonyl (C=O) groups excluding carboxylic acids is 1. The zero-order valence-corrected chi connectivity index (χ0v) is 19.8. The van der Waals surface area contributed by atoms with Crippen molar-refractivity contribution in [3.05, 3.63) is 107 Å². The Bertz CT molecular complexity index is 1020. The van der Waals surface area contributed by atoms with Gasteiger partial charge in [0.25, 0.3) is 0 Å². The first-order chi connectivity index (χ1) is 15.9. The number of hydrogen-bond donors (Lipinski definition) is 1. The van der Waals surface area contributed by atoms with Gasteiger partial charge in [0.2, 0.25) is 5.91 Å². The van der Waals surface area contributed by atoms with Crippen molar-refractivity contribution in [3.8, 4) is 0 Å². The maximum atomic E-state index is 13.9. The van der Waals surface area contributed by atoms with Crippen molar-refractivity contribution in [1.29, 1.82) is 0 Å². The van der Waals surface area contributed by atoms with Crippen molar-refractivity contribution >= 4 is 18.3 Å². The zero-order valence-electron chi connectivity index (χ0n) is 19.0. The number of amides is 1. The van der Waals surface area contributed by atoms with E-state index < -0.39 is 5.92 Å². The number of β-amino-alcohol motifs (C(OH)–C–C–N with tert-alkyl or cyclic N) is 1. The van der Waals surface area contributed by atoms with Crippen molar-refractivity contribution < 1.29 is 18.7 Å². The predicted molar refractivity (Wildman–Crippen MR) is 131 cm³/mol. The van der Waals surface area contributed by atoms with Gasteiger partial charge in [0.05, 0.1) is 18.1 Å². The number of carbonyl (C=O) groups is 1. The topological polar surface area (TPSA) is 43.8 Å². The molecule has 180 valence electrons. The highest BCUT2D eigenvalue weighted by molar-refractivity contribution is 5.87. The molecule has 1 aliphatic rings. The third kappa shape index (κ3) is 6.00. The van der Waals surface area contributed by atoms with Crippen molar-refractivity contribution in [3.63, 3.8) is 0 Å². The molecule has 0 aliphatic carbocycles. The Labute approximate surface area is 205 Å². The molecule has 0 aromatic heterocycles. The van der Waals surface area contributed by atoms with Gasteiger partial charge in [0.1, 0.15) is 11.6 Å². The van der Waals surface area contributed by atoms with Gasteiger partial charge in [-0.2, -0.15) is 0 Å². The first kappa shape index (κ1) is 25.8. The van der Waals surface area contributed by atoms with E-state index in [1.165, 1.54) is 24.3 Å². The van der Waals surface area contributed by atoms with Crippen LogP contribution in [0.1, 0.15) is 35.1 Å². The average molecular weight is 487 g/mol. The molecule has 1 saturated heterocycles. The number of hydrogen-bond acceptors (Lipinski definition) is 3. The van der Waals surface area contributed by atoms with Crippen molar-refractivity contribution in [1.82, 2.24) is 9.80 Å². The van der Waals surface area contributed by atoms with Crippen LogP contribution in [0.3, 0.4) is 0 Å². The molecule has 0 radical (unpaired) electrons. The monoisotopic (exact) mass is 486 g/mol. The summed E-state index contributed by atoms with van der Waals surface area (Å²) in [6.45, 7) is 1.93. The van der Waals surface area contributed by atoms with E-state index in [9.17, 15) is 18.7 Å². The molecular formula is C27H29ClF2N2O2. The Morgan fingerprint density at radius 1 is 0.941 bits per heavy atom. The molecule has 34 heavy (non-hydrogen) atoms. The normalized spacial score (nSPS) is 16.8. The second-order valence-electron chi connectivity index (χ2n) is 8.61. The Balaban J connectivity index is 0.00000324. The van der Waals surface area contributed by atoms with Crippen LogP contribution in [-0.4, -0.2) is 53.6 Å². The van der Waals surface area contributed by atoms with Gasteiger partial charge in [0.15, 0.2) is 0 Å². The number of likely N-dealkylation sites (N-methyl/N-ethyl adjacent to an activating group) is 1. The van der Waals surface area contributed by atoms with Crippen molar-refractivity contribution in [2.24, 2.45) is 0 Å². The fourth-order valence-electron chi connectivity index (χ4n) is 4.49. The lowest BCUT2D eigenvalue weighted by atomic mass is 9.89. The van der Waals surface area contributed by atoms with Gasteiger partial charge in [-0.05, 0) is 47.4 Å². The summed E-state index contributed by atoms with van der Waals surface area (Å²) in [6.07, 6.45) is 0.362. The molecule has 2 atom stereocenters. The molecule has 1 amide bonds. The summed E-state index contributed by atoms with van der Waals surface area (Å²) in [4.78, 5) is 17.8. The van der Waals surface area contributed by atoms with Crippen LogP contribution >= 0.6 is 12.4 Å². The van der Waals surface area contributed by atoms with Crippen LogP contribution in [0.15, 0.2) is 78.9 Å². The molecule has 7 heteroatoms. The van der Waals surface area contributed by atoms with E-state index in [2.05, 4.69) is 4.90 Å². The van der Waals surface area contributed by atoms with Gasteiger partial charge in [-0.15, -0.1) is 12.4 Å². The van der Waals surface area contributed by atoms with Gasteiger partial charge < -0.3 is 10.0 Å². The molecule has 1 heterocycles. The number of aliphatic hydroxyl groups excluding tert-OH is 1. The second kappa shape index (κ2) is 11.6. The average Bonchev–Trinajstić information content (AvgIpc) is 3.25. The largest absolute Gasteiger partial charge is 0.392 e. The number of benzene rings is 3. The van der Waals surface area contributed by atoms with Crippen LogP contribution in [0.25, 0.3) is 0 Å². The predicted octanol–water partition coefficient (Wildman–Crippen LogP) is 4.78. The van der Waals surface area contributed by atoms with Crippen LogP contribution in [0.5, 0.6) is 0 Å². The van der Waals surface area contributed by atoms with E-state index in [1.54, 1.807) is 36.2 Å². The van der Waals surface area contributed by atoms with Crippen LogP contribution in [0.4, 0.5) is 8.78 Å². The molecule has 4 nitrogen and oxygen atoms in total. The van der Waals surface area contributed by atoms with E-state index in [0.717, 1.165) is 12.1 Å². The Kier molecular flexibility index (Phi) is 8.78. The minimum atomic E-state index is -0.702. The van der Waals surface area contributed by atoms with E-state index in [4.69, 9.17) is 0 Å². The lowest BCUT2D eigenvalue weighted by Crippen LogP contribution is -2.41. The lowest BCUT2D eigenvalue weighted by molar-refractivity contribution is -0.133. The Morgan fingerprint density at radius 2 is 1.47 bits per heavy atom. The minimum absolute atomic E-state index is 0. The first-order valence-electron chi connectivity index (χ1n) is 11.2. The molecule has 3 aromatic rings. The van der Waals surface area contributed by atoms with Crippen LogP contribution in [0.2, 0.25) is 0 Å². The second-order valence-corrected chi connectivity index (χ2v) is 8.61. The third-order valence-electron chi connectivity index (χ3n) is 6.33. The van der Waals surface area contributed by atoms with E-state index in [1.807, 2.05) is 30.3 Å². The van der Waals surface area contributed by atoms with Crippen molar-refractivity contribution in [2.75, 3.05) is 26.7 Å². The molecular weight excluding hydrogens is 458 g/mol. The number of nitrogens with zero attached hydrogens (tertiary/aromatic N) is 2. The fourth-order valence-corrected chi connectivity index (χ4v) is 4.49. The number of halogens is 3. The highest BCUT2D eigenvalue weighted by Gasteiger charge is 2.32. The summed E-state index contributed by atoms with van der Waals surface area (Å²) in [5, 5.41) is 9.98. The lowest BCUT2D eigenvalue weighted by Gasteiger charge is -2.34. The zero-order chi connectivity index (χ0) is 23.4. The van der Waals surface area contributed by atoms with Gasteiger partial charge in [-0.3, -0.25) is 9.69 Å². The summed E-state index contributed by atoms with van der Waals surface area (Å²) < 4.78 is 27.2. The van der Waals surface area contributed by atoms with Gasteiger partial charge >= 0.3 is 0 Å². The van der Waals surface area contributed by atoms with Crippen LogP contribution < -0.4 is 0 Å². The van der Waals surface area contributed by atoms with Crippen LogP contribution in [-0.2, 0) is 4.79 Å². The molecule has 4 rings (SSSR count). The summed E-state index contributed by atoms with van der Waals surface area (Å²) in [6, 6.07) is 21.3. The Hall–Kier alpha value is -2.80. The maximum Gasteiger partial charge on any atom is 0.234 e. The molecule has 1 fully saturated rings. The molecule has 0 saturated carbocycles. The third-order valence-corrected chi connectivity index (χ3v) is 6.33. The fraction of sp³-hybridized carbons (Fsp3) is 0.296. The molecule has 0 spiro atoms. The van der Waals surface area contributed by atoms with E-state index in [-0.39, 0.29) is 42.1 Å². The standard InChI is InChI=1S/C27H28F2N2O2.ClH/c1-30(25(19-5-3-2-4-6-19)18-31-16-15-24(32)17-31)27(33)26(20-7-11-22(28)12-8-20)21-9-13-23(29)14-10-21;/h2-14,24-26,32H,15-18H2,1H3;1H/t24-,25+;/m0./s1. The van der Waals surface area contributed by atoms with E-state index in [0.29, 0.717) is 30.6 Å².